The lowest BCUT2D eigenvalue weighted by molar-refractivity contribution is 0.0469. The summed E-state index contributed by atoms with van der Waals surface area (Å²) in [6, 6.07) is 13.4. The zero-order valence-corrected chi connectivity index (χ0v) is 12.2. The third kappa shape index (κ3) is 3.85. The number of rotatable bonds is 6. The average Bonchev–Trinajstić information content (AvgIpc) is 2.54. The summed E-state index contributed by atoms with van der Waals surface area (Å²) >= 11 is 0. The van der Waals surface area contributed by atoms with E-state index < -0.39 is 11.9 Å². The van der Waals surface area contributed by atoms with E-state index in [0.717, 1.165) is 5.56 Å². The van der Waals surface area contributed by atoms with Gasteiger partial charge in [0.05, 0.1) is 12.2 Å². The predicted molar refractivity (Wildman–Crippen MR) is 81.7 cm³/mol. The summed E-state index contributed by atoms with van der Waals surface area (Å²) in [5.41, 5.74) is 6.65. The first kappa shape index (κ1) is 15.6. The van der Waals surface area contributed by atoms with E-state index in [4.69, 9.17) is 15.2 Å². The van der Waals surface area contributed by atoms with Gasteiger partial charge in [-0.1, -0.05) is 18.2 Å². The van der Waals surface area contributed by atoms with Crippen molar-refractivity contribution in [1.29, 1.82) is 0 Å². The lowest BCUT2D eigenvalue weighted by Crippen LogP contribution is -2.11. The molecule has 1 amide bonds. The van der Waals surface area contributed by atoms with Crippen LogP contribution in [0.2, 0.25) is 0 Å². The second kappa shape index (κ2) is 7.26. The van der Waals surface area contributed by atoms with Gasteiger partial charge in [-0.2, -0.15) is 0 Å². The third-order valence-electron chi connectivity index (χ3n) is 3.04. The summed E-state index contributed by atoms with van der Waals surface area (Å²) in [5.74, 6) is -0.310. The molecule has 0 radical (unpaired) electrons. The summed E-state index contributed by atoms with van der Waals surface area (Å²) < 4.78 is 10.7. The fourth-order valence-corrected chi connectivity index (χ4v) is 1.92. The van der Waals surface area contributed by atoms with Gasteiger partial charge < -0.3 is 15.2 Å². The largest absolute Gasteiger partial charge is 0.493 e. The maximum absolute atomic E-state index is 12.0. The molecule has 0 fully saturated rings. The molecule has 0 unspecified atom stereocenters. The van der Waals surface area contributed by atoms with Gasteiger partial charge in [-0.15, -0.1) is 0 Å². The monoisotopic (exact) mass is 299 g/mol. The average molecular weight is 299 g/mol. The smallest absolute Gasteiger partial charge is 0.338 e. The van der Waals surface area contributed by atoms with Crippen LogP contribution < -0.4 is 10.5 Å². The van der Waals surface area contributed by atoms with Crippen LogP contribution in [0, 0.1) is 0 Å². The zero-order valence-electron chi connectivity index (χ0n) is 12.2. The summed E-state index contributed by atoms with van der Waals surface area (Å²) in [5, 5.41) is 0. The molecule has 0 aliphatic carbocycles. The Balaban J connectivity index is 2.02. The van der Waals surface area contributed by atoms with Crippen LogP contribution in [0.3, 0.4) is 0 Å². The number of amides is 1. The maximum Gasteiger partial charge on any atom is 0.338 e. The van der Waals surface area contributed by atoms with Crippen molar-refractivity contribution in [3.8, 4) is 5.75 Å². The molecule has 0 saturated carbocycles. The van der Waals surface area contributed by atoms with Crippen LogP contribution in [0.1, 0.15) is 33.2 Å². The first-order valence-corrected chi connectivity index (χ1v) is 6.89. The van der Waals surface area contributed by atoms with Gasteiger partial charge in [-0.25, -0.2) is 4.79 Å². The Bertz CT molecular complexity index is 665. The van der Waals surface area contributed by atoms with E-state index in [1.165, 1.54) is 24.3 Å². The zero-order chi connectivity index (χ0) is 15.9. The van der Waals surface area contributed by atoms with Crippen molar-refractivity contribution in [1.82, 2.24) is 0 Å². The van der Waals surface area contributed by atoms with Gasteiger partial charge in [0.2, 0.25) is 5.91 Å². The molecule has 0 bridgehead atoms. The van der Waals surface area contributed by atoms with E-state index in [9.17, 15) is 9.59 Å². The predicted octanol–water partition coefficient (Wildman–Crippen LogP) is 2.54. The van der Waals surface area contributed by atoms with Crippen molar-refractivity contribution < 1.29 is 19.1 Å². The first-order valence-electron chi connectivity index (χ1n) is 6.89. The minimum Gasteiger partial charge on any atom is -0.493 e. The Morgan fingerprint density at radius 1 is 1.00 bits per heavy atom. The molecule has 5 heteroatoms. The van der Waals surface area contributed by atoms with Crippen LogP contribution in [-0.2, 0) is 11.3 Å². The number of carbonyl (C=O) groups is 2. The van der Waals surface area contributed by atoms with Gasteiger partial charge in [0, 0.05) is 11.1 Å². The van der Waals surface area contributed by atoms with E-state index in [-0.39, 0.29) is 6.61 Å². The number of hydrogen-bond donors (Lipinski definition) is 1. The molecular weight excluding hydrogens is 282 g/mol. The molecule has 2 aromatic carbocycles. The first-order chi connectivity index (χ1) is 10.6. The van der Waals surface area contributed by atoms with E-state index in [1.807, 2.05) is 31.2 Å². The lowest BCUT2D eigenvalue weighted by atomic mass is 10.1. The Morgan fingerprint density at radius 2 is 1.64 bits per heavy atom. The van der Waals surface area contributed by atoms with E-state index >= 15 is 0 Å². The van der Waals surface area contributed by atoms with E-state index in [0.29, 0.717) is 23.5 Å². The number of nitrogens with two attached hydrogens (primary N) is 1. The van der Waals surface area contributed by atoms with Crippen LogP contribution >= 0.6 is 0 Å². The Morgan fingerprint density at radius 3 is 2.27 bits per heavy atom. The minimum atomic E-state index is -0.537. The van der Waals surface area contributed by atoms with Gasteiger partial charge >= 0.3 is 5.97 Å². The van der Waals surface area contributed by atoms with Crippen LogP contribution in [0.25, 0.3) is 0 Å². The van der Waals surface area contributed by atoms with Crippen molar-refractivity contribution in [2.45, 2.75) is 13.5 Å². The summed E-state index contributed by atoms with van der Waals surface area (Å²) in [4.78, 5) is 23.0. The van der Waals surface area contributed by atoms with E-state index in [1.54, 1.807) is 0 Å². The standard InChI is InChI=1S/C17H17NO4/c1-2-21-15-6-4-3-5-14(15)11-22-17(20)13-9-7-12(8-10-13)16(18)19/h3-10H,2,11H2,1H3,(H2,18,19). The molecule has 114 valence electrons. The number of para-hydroxylation sites is 1. The molecule has 5 nitrogen and oxygen atoms in total. The molecule has 0 aliphatic heterocycles. The highest BCUT2D eigenvalue weighted by Gasteiger charge is 2.10. The van der Waals surface area contributed by atoms with Gasteiger partial charge in [-0.05, 0) is 37.3 Å². The van der Waals surface area contributed by atoms with Crippen molar-refractivity contribution in [2.75, 3.05) is 6.61 Å². The van der Waals surface area contributed by atoms with Gasteiger partial charge in [0.25, 0.3) is 0 Å². The molecular formula is C17H17NO4. The van der Waals surface area contributed by atoms with Crippen molar-refractivity contribution in [2.24, 2.45) is 5.73 Å². The van der Waals surface area contributed by atoms with Crippen LogP contribution in [-0.4, -0.2) is 18.5 Å². The lowest BCUT2D eigenvalue weighted by Gasteiger charge is -2.10. The molecule has 2 aromatic rings. The molecule has 0 heterocycles. The van der Waals surface area contributed by atoms with Crippen LogP contribution in [0.5, 0.6) is 5.75 Å². The Kier molecular flexibility index (Phi) is 5.14. The molecule has 0 atom stereocenters. The molecule has 2 N–H and O–H groups in total. The van der Waals surface area contributed by atoms with E-state index in [2.05, 4.69) is 0 Å². The molecule has 0 aromatic heterocycles. The molecule has 0 spiro atoms. The maximum atomic E-state index is 12.0. The van der Waals surface area contributed by atoms with Gasteiger partial charge in [0.15, 0.2) is 0 Å². The highest BCUT2D eigenvalue weighted by molar-refractivity contribution is 5.95. The van der Waals surface area contributed by atoms with Crippen molar-refractivity contribution >= 4 is 11.9 Å². The highest BCUT2D eigenvalue weighted by atomic mass is 16.5. The molecule has 0 saturated heterocycles. The second-order valence-electron chi connectivity index (χ2n) is 4.56. The second-order valence-corrected chi connectivity index (χ2v) is 4.56. The van der Waals surface area contributed by atoms with Crippen molar-refractivity contribution in [3.05, 3.63) is 65.2 Å². The molecule has 22 heavy (non-hydrogen) atoms. The Labute approximate surface area is 128 Å². The van der Waals surface area contributed by atoms with Crippen LogP contribution in [0.15, 0.2) is 48.5 Å². The fraction of sp³-hybridized carbons (Fsp3) is 0.176. The molecule has 0 aliphatic rings. The quantitative estimate of drug-likeness (QED) is 0.831. The number of benzene rings is 2. The summed E-state index contributed by atoms with van der Waals surface area (Å²) in [7, 11) is 0. The summed E-state index contributed by atoms with van der Waals surface area (Å²) in [6.45, 7) is 2.55. The third-order valence-corrected chi connectivity index (χ3v) is 3.04. The van der Waals surface area contributed by atoms with Crippen molar-refractivity contribution in [3.63, 3.8) is 0 Å². The number of carbonyl (C=O) groups excluding carboxylic acids is 2. The summed E-state index contributed by atoms with van der Waals surface area (Å²) in [6.07, 6.45) is 0. The minimum absolute atomic E-state index is 0.118. The fourth-order valence-electron chi connectivity index (χ4n) is 1.92. The number of ether oxygens (including phenoxy) is 2. The SMILES string of the molecule is CCOc1ccccc1COC(=O)c1ccc(C(N)=O)cc1. The van der Waals surface area contributed by atoms with Crippen LogP contribution in [0.4, 0.5) is 0 Å². The number of esters is 1. The molecule has 2 rings (SSSR count). The van der Waals surface area contributed by atoms with Gasteiger partial charge in [-0.3, -0.25) is 4.79 Å². The topological polar surface area (TPSA) is 78.6 Å². The number of primary amides is 1. The highest BCUT2D eigenvalue weighted by Crippen LogP contribution is 2.19. The Hall–Kier alpha value is -2.82. The normalized spacial score (nSPS) is 10.0. The van der Waals surface area contributed by atoms with Gasteiger partial charge in [0.1, 0.15) is 12.4 Å². The number of hydrogen-bond acceptors (Lipinski definition) is 4.